The zero-order valence-corrected chi connectivity index (χ0v) is 10.5. The molecule has 0 spiro atoms. The number of nitrogens with zero attached hydrogens (tertiary/aromatic N) is 1. The van der Waals surface area contributed by atoms with Gasteiger partial charge in [-0.3, -0.25) is 4.90 Å². The minimum atomic E-state index is 0.546. The second-order valence-electron chi connectivity index (χ2n) is 5.04. The highest BCUT2D eigenvalue weighted by Gasteiger charge is 2.35. The number of hydrogen-bond donors (Lipinski definition) is 1. The van der Waals surface area contributed by atoms with Crippen LogP contribution in [0.4, 0.5) is 0 Å². The Bertz CT molecular complexity index is 438. The van der Waals surface area contributed by atoms with Gasteiger partial charge in [-0.25, -0.2) is 0 Å². The molecular formula is C14H17ClN2. The van der Waals surface area contributed by atoms with Gasteiger partial charge in [0.2, 0.25) is 0 Å². The van der Waals surface area contributed by atoms with Crippen LogP contribution in [0, 0.1) is 0 Å². The SMILES string of the molecule is NC1=CC2CCC(C1)N2Cc1ccc(Cl)cc1. The van der Waals surface area contributed by atoms with E-state index in [4.69, 9.17) is 17.3 Å². The highest BCUT2D eigenvalue weighted by atomic mass is 35.5. The van der Waals surface area contributed by atoms with Crippen LogP contribution in [0.5, 0.6) is 0 Å². The third-order valence-electron chi connectivity index (χ3n) is 3.85. The van der Waals surface area contributed by atoms with E-state index in [1.807, 2.05) is 12.1 Å². The maximum Gasteiger partial charge on any atom is 0.0406 e. The maximum absolute atomic E-state index is 5.95. The predicted octanol–water partition coefficient (Wildman–Crippen LogP) is 2.92. The lowest BCUT2D eigenvalue weighted by Gasteiger charge is -2.33. The number of nitrogens with two attached hydrogens (primary N) is 1. The largest absolute Gasteiger partial charge is 0.402 e. The summed E-state index contributed by atoms with van der Waals surface area (Å²) in [5.74, 6) is 0. The van der Waals surface area contributed by atoms with Crippen molar-refractivity contribution >= 4 is 11.6 Å². The van der Waals surface area contributed by atoms with Crippen molar-refractivity contribution in [3.63, 3.8) is 0 Å². The summed E-state index contributed by atoms with van der Waals surface area (Å²) >= 11 is 5.90. The summed E-state index contributed by atoms with van der Waals surface area (Å²) in [6.45, 7) is 1.01. The van der Waals surface area contributed by atoms with Crippen molar-refractivity contribution in [2.24, 2.45) is 5.73 Å². The van der Waals surface area contributed by atoms with Gasteiger partial charge in [-0.2, -0.15) is 0 Å². The summed E-state index contributed by atoms with van der Waals surface area (Å²) in [4.78, 5) is 2.57. The first-order chi connectivity index (χ1) is 8.22. The van der Waals surface area contributed by atoms with Crippen LogP contribution in [0.2, 0.25) is 5.02 Å². The molecule has 0 radical (unpaired) electrons. The van der Waals surface area contributed by atoms with E-state index in [1.54, 1.807) is 0 Å². The third-order valence-corrected chi connectivity index (χ3v) is 4.10. The Kier molecular flexibility index (Phi) is 2.85. The third kappa shape index (κ3) is 2.20. The molecule has 2 aliphatic heterocycles. The van der Waals surface area contributed by atoms with Crippen molar-refractivity contribution in [3.8, 4) is 0 Å². The van der Waals surface area contributed by atoms with E-state index >= 15 is 0 Å². The normalized spacial score (nSPS) is 28.2. The highest BCUT2D eigenvalue weighted by molar-refractivity contribution is 6.30. The van der Waals surface area contributed by atoms with Gasteiger partial charge in [-0.05, 0) is 36.6 Å². The Morgan fingerprint density at radius 2 is 2.00 bits per heavy atom. The Morgan fingerprint density at radius 3 is 2.71 bits per heavy atom. The summed E-state index contributed by atoms with van der Waals surface area (Å²) in [7, 11) is 0. The van der Waals surface area contributed by atoms with Crippen molar-refractivity contribution in [1.82, 2.24) is 4.90 Å². The van der Waals surface area contributed by atoms with Gasteiger partial charge in [0.05, 0.1) is 0 Å². The topological polar surface area (TPSA) is 29.3 Å². The summed E-state index contributed by atoms with van der Waals surface area (Å²) in [5.41, 5.74) is 8.36. The quantitative estimate of drug-likeness (QED) is 0.872. The number of rotatable bonds is 2. The fourth-order valence-electron chi connectivity index (χ4n) is 3.00. The van der Waals surface area contributed by atoms with Gasteiger partial charge in [-0.15, -0.1) is 0 Å². The Hall–Kier alpha value is -0.990. The monoisotopic (exact) mass is 248 g/mol. The van der Waals surface area contributed by atoms with Crippen LogP contribution in [0.15, 0.2) is 36.0 Å². The molecule has 2 bridgehead atoms. The lowest BCUT2D eigenvalue weighted by molar-refractivity contribution is 0.195. The fourth-order valence-corrected chi connectivity index (χ4v) is 3.12. The molecule has 3 heteroatoms. The smallest absolute Gasteiger partial charge is 0.0406 e. The van der Waals surface area contributed by atoms with Gasteiger partial charge in [0.1, 0.15) is 0 Å². The summed E-state index contributed by atoms with van der Waals surface area (Å²) in [6, 6.07) is 9.34. The van der Waals surface area contributed by atoms with Crippen LogP contribution in [-0.4, -0.2) is 17.0 Å². The molecule has 2 nitrogen and oxygen atoms in total. The van der Waals surface area contributed by atoms with E-state index in [2.05, 4.69) is 23.1 Å². The summed E-state index contributed by atoms with van der Waals surface area (Å²) in [6.07, 6.45) is 5.79. The molecule has 17 heavy (non-hydrogen) atoms. The van der Waals surface area contributed by atoms with Crippen molar-refractivity contribution in [2.45, 2.75) is 37.9 Å². The minimum absolute atomic E-state index is 0.546. The molecule has 2 aliphatic rings. The summed E-state index contributed by atoms with van der Waals surface area (Å²) < 4.78 is 0. The highest BCUT2D eigenvalue weighted by Crippen LogP contribution is 2.34. The fraction of sp³-hybridized carbons (Fsp3) is 0.429. The van der Waals surface area contributed by atoms with Crippen LogP contribution < -0.4 is 5.73 Å². The molecule has 2 atom stereocenters. The van der Waals surface area contributed by atoms with Gasteiger partial charge < -0.3 is 5.73 Å². The molecule has 0 saturated carbocycles. The van der Waals surface area contributed by atoms with Gasteiger partial charge in [0.15, 0.2) is 0 Å². The molecule has 2 N–H and O–H groups in total. The van der Waals surface area contributed by atoms with Crippen molar-refractivity contribution < 1.29 is 0 Å². The van der Waals surface area contributed by atoms with Gasteiger partial charge >= 0.3 is 0 Å². The molecule has 90 valence electrons. The van der Waals surface area contributed by atoms with E-state index in [0.717, 1.165) is 23.7 Å². The summed E-state index contributed by atoms with van der Waals surface area (Å²) in [5, 5.41) is 0.805. The van der Waals surface area contributed by atoms with E-state index in [9.17, 15) is 0 Å². The van der Waals surface area contributed by atoms with Crippen LogP contribution in [0.25, 0.3) is 0 Å². The maximum atomic E-state index is 5.95. The Labute approximate surface area is 107 Å². The zero-order valence-electron chi connectivity index (χ0n) is 9.77. The number of hydrogen-bond acceptors (Lipinski definition) is 2. The molecule has 1 aromatic rings. The second kappa shape index (κ2) is 4.35. The van der Waals surface area contributed by atoms with Crippen LogP contribution in [-0.2, 0) is 6.54 Å². The number of halogens is 1. The number of benzene rings is 1. The average molecular weight is 249 g/mol. The van der Waals surface area contributed by atoms with Crippen molar-refractivity contribution in [1.29, 1.82) is 0 Å². The Balaban J connectivity index is 1.76. The lowest BCUT2D eigenvalue weighted by atomic mass is 10.1. The first-order valence-electron chi connectivity index (χ1n) is 6.19. The van der Waals surface area contributed by atoms with Crippen LogP contribution in [0.3, 0.4) is 0 Å². The van der Waals surface area contributed by atoms with E-state index in [0.29, 0.717) is 12.1 Å². The molecule has 2 unspecified atom stereocenters. The number of fused-ring (bicyclic) bond motifs is 2. The molecule has 2 heterocycles. The first kappa shape index (κ1) is 11.1. The van der Waals surface area contributed by atoms with Gasteiger partial charge in [-0.1, -0.05) is 23.7 Å². The first-order valence-corrected chi connectivity index (χ1v) is 6.56. The molecular weight excluding hydrogens is 232 g/mol. The van der Waals surface area contributed by atoms with Crippen molar-refractivity contribution in [2.75, 3.05) is 0 Å². The molecule has 1 saturated heterocycles. The minimum Gasteiger partial charge on any atom is -0.402 e. The van der Waals surface area contributed by atoms with Gasteiger partial charge in [0.25, 0.3) is 0 Å². The van der Waals surface area contributed by atoms with Crippen LogP contribution in [0.1, 0.15) is 24.8 Å². The molecule has 1 fully saturated rings. The Morgan fingerprint density at radius 1 is 1.24 bits per heavy atom. The lowest BCUT2D eigenvalue weighted by Crippen LogP contribution is -2.39. The van der Waals surface area contributed by atoms with E-state index in [1.165, 1.54) is 18.4 Å². The molecule has 0 aliphatic carbocycles. The second-order valence-corrected chi connectivity index (χ2v) is 5.48. The standard InChI is InChI=1S/C14H17ClN2/c15-11-3-1-10(2-4-11)9-17-13-5-6-14(17)8-12(16)7-13/h1-4,7,13-14H,5-6,8-9,16H2. The van der Waals surface area contributed by atoms with E-state index < -0.39 is 0 Å². The molecule has 0 amide bonds. The zero-order chi connectivity index (χ0) is 11.8. The van der Waals surface area contributed by atoms with Crippen LogP contribution >= 0.6 is 11.6 Å². The predicted molar refractivity (Wildman–Crippen MR) is 70.7 cm³/mol. The van der Waals surface area contributed by atoms with Crippen molar-refractivity contribution in [3.05, 3.63) is 46.6 Å². The average Bonchev–Trinajstić information content (AvgIpc) is 2.56. The van der Waals surface area contributed by atoms with E-state index in [-0.39, 0.29) is 0 Å². The molecule has 3 rings (SSSR count). The molecule has 1 aromatic carbocycles. The van der Waals surface area contributed by atoms with Gasteiger partial charge in [0, 0.05) is 35.8 Å². The molecule has 0 aromatic heterocycles.